The molecule has 2 aliphatic rings. The molecule has 0 aromatic heterocycles. The first-order chi connectivity index (χ1) is 10.1. The fourth-order valence-corrected chi connectivity index (χ4v) is 4.34. The Morgan fingerprint density at radius 1 is 1.24 bits per heavy atom. The monoisotopic (exact) mass is 322 g/mol. The van der Waals surface area contributed by atoms with E-state index in [9.17, 15) is 0 Å². The van der Waals surface area contributed by atoms with Crippen LogP contribution in [0.15, 0.2) is 18.2 Å². The first-order valence-electron chi connectivity index (χ1n) is 7.97. The summed E-state index contributed by atoms with van der Waals surface area (Å²) in [5, 5.41) is 0.790. The highest BCUT2D eigenvalue weighted by Gasteiger charge is 2.33. The minimum atomic E-state index is 0.411. The number of halogens is 1. The molecule has 1 heterocycles. The van der Waals surface area contributed by atoms with Gasteiger partial charge in [-0.05, 0) is 49.8 Å². The van der Waals surface area contributed by atoms with Crippen LogP contribution in [0.4, 0.5) is 0 Å². The van der Waals surface area contributed by atoms with Crippen LogP contribution in [0.3, 0.4) is 0 Å². The predicted octanol–water partition coefficient (Wildman–Crippen LogP) is 4.13. The second kappa shape index (κ2) is 6.64. The van der Waals surface area contributed by atoms with Gasteiger partial charge < -0.3 is 5.73 Å². The maximum atomic E-state index is 6.43. The van der Waals surface area contributed by atoms with Gasteiger partial charge in [0.2, 0.25) is 0 Å². The fourth-order valence-electron chi connectivity index (χ4n) is 3.97. The van der Waals surface area contributed by atoms with Gasteiger partial charge in [-0.1, -0.05) is 48.8 Å². The largest absolute Gasteiger partial charge is 0.389 e. The van der Waals surface area contributed by atoms with Crippen molar-refractivity contribution in [3.63, 3.8) is 0 Å². The molecule has 21 heavy (non-hydrogen) atoms. The van der Waals surface area contributed by atoms with Gasteiger partial charge in [0.05, 0.1) is 0 Å². The van der Waals surface area contributed by atoms with Gasteiger partial charge in [0, 0.05) is 23.2 Å². The summed E-state index contributed by atoms with van der Waals surface area (Å²) < 4.78 is 0. The van der Waals surface area contributed by atoms with Gasteiger partial charge in [-0.3, -0.25) is 4.90 Å². The van der Waals surface area contributed by atoms with Crippen LogP contribution in [0.25, 0.3) is 0 Å². The van der Waals surface area contributed by atoms with E-state index in [1.54, 1.807) is 0 Å². The maximum Gasteiger partial charge on any atom is 0.104 e. The summed E-state index contributed by atoms with van der Waals surface area (Å²) in [7, 11) is 0. The van der Waals surface area contributed by atoms with Crippen molar-refractivity contribution in [3.05, 3.63) is 34.3 Å². The third-order valence-electron chi connectivity index (χ3n) is 5.07. The van der Waals surface area contributed by atoms with Crippen LogP contribution in [-0.4, -0.2) is 22.5 Å². The van der Waals surface area contributed by atoms with Crippen molar-refractivity contribution in [2.75, 3.05) is 6.54 Å². The normalized spacial score (nSPS) is 26.3. The quantitative estimate of drug-likeness (QED) is 0.848. The van der Waals surface area contributed by atoms with Gasteiger partial charge >= 0.3 is 0 Å². The predicted molar refractivity (Wildman–Crippen MR) is 92.7 cm³/mol. The molecular weight excluding hydrogens is 300 g/mol. The molecule has 1 aromatic carbocycles. The number of nitrogens with two attached hydrogens (primary N) is 1. The molecule has 1 aromatic rings. The highest BCUT2D eigenvalue weighted by molar-refractivity contribution is 7.80. The van der Waals surface area contributed by atoms with E-state index in [1.165, 1.54) is 50.6 Å². The van der Waals surface area contributed by atoms with Crippen LogP contribution in [0.5, 0.6) is 0 Å². The molecule has 1 saturated carbocycles. The number of thiocarbonyl (C=S) groups is 1. The van der Waals surface area contributed by atoms with E-state index in [0.29, 0.717) is 4.99 Å². The van der Waals surface area contributed by atoms with Crippen molar-refractivity contribution >= 4 is 28.8 Å². The van der Waals surface area contributed by atoms with Crippen molar-refractivity contribution < 1.29 is 0 Å². The fraction of sp³-hybridized carbons (Fsp3) is 0.588. The zero-order valence-corrected chi connectivity index (χ0v) is 13.9. The third kappa shape index (κ3) is 3.41. The molecule has 0 amide bonds. The molecule has 2 unspecified atom stereocenters. The van der Waals surface area contributed by atoms with Crippen molar-refractivity contribution in [2.45, 2.75) is 51.1 Å². The van der Waals surface area contributed by atoms with Crippen molar-refractivity contribution in [2.24, 2.45) is 11.7 Å². The lowest BCUT2D eigenvalue weighted by molar-refractivity contribution is 0.0547. The minimum absolute atomic E-state index is 0.411. The molecule has 2 nitrogen and oxygen atoms in total. The first kappa shape index (κ1) is 15.3. The second-order valence-corrected chi connectivity index (χ2v) is 7.24. The lowest BCUT2D eigenvalue weighted by atomic mass is 9.78. The lowest BCUT2D eigenvalue weighted by Gasteiger charge is -2.44. The topological polar surface area (TPSA) is 29.3 Å². The molecule has 1 aliphatic heterocycles. The van der Waals surface area contributed by atoms with Gasteiger partial charge in [0.1, 0.15) is 4.99 Å². The van der Waals surface area contributed by atoms with Crippen LogP contribution in [-0.2, 0) is 6.54 Å². The molecular formula is C17H23ClN2S. The molecule has 0 bridgehead atoms. The molecule has 0 spiro atoms. The Balaban J connectivity index is 1.74. The summed E-state index contributed by atoms with van der Waals surface area (Å²) in [5.74, 6) is 0.905. The van der Waals surface area contributed by atoms with Crippen molar-refractivity contribution in [1.82, 2.24) is 4.90 Å². The molecule has 2 atom stereocenters. The zero-order valence-electron chi connectivity index (χ0n) is 12.4. The summed E-state index contributed by atoms with van der Waals surface area (Å²) in [4.78, 5) is 3.06. The molecule has 4 heteroatoms. The minimum Gasteiger partial charge on any atom is -0.389 e. The lowest BCUT2D eigenvalue weighted by Crippen LogP contribution is -2.46. The van der Waals surface area contributed by atoms with E-state index in [2.05, 4.69) is 11.0 Å². The Labute approximate surface area is 137 Å². The van der Waals surface area contributed by atoms with Crippen LogP contribution in [0, 0.1) is 5.92 Å². The number of benzene rings is 1. The van der Waals surface area contributed by atoms with Gasteiger partial charge in [-0.15, -0.1) is 0 Å². The number of likely N-dealkylation sites (tertiary alicyclic amines) is 1. The zero-order chi connectivity index (χ0) is 14.8. The number of hydrogen-bond acceptors (Lipinski definition) is 2. The Morgan fingerprint density at radius 3 is 2.76 bits per heavy atom. The number of nitrogens with zero attached hydrogens (tertiary/aromatic N) is 1. The SMILES string of the molecule is NC(=S)c1ccc(CN2CCCC3CCCCC32)c(Cl)c1. The summed E-state index contributed by atoms with van der Waals surface area (Å²) >= 11 is 11.4. The van der Waals surface area contributed by atoms with E-state index in [1.807, 2.05) is 12.1 Å². The number of piperidine rings is 1. The van der Waals surface area contributed by atoms with E-state index in [4.69, 9.17) is 29.6 Å². The molecule has 1 aliphatic carbocycles. The number of fused-ring (bicyclic) bond motifs is 1. The van der Waals surface area contributed by atoms with Gasteiger partial charge in [0.15, 0.2) is 0 Å². The summed E-state index contributed by atoms with van der Waals surface area (Å²) in [6, 6.07) is 6.75. The highest BCUT2D eigenvalue weighted by atomic mass is 35.5. The summed E-state index contributed by atoms with van der Waals surface area (Å²) in [6.45, 7) is 2.16. The summed E-state index contributed by atoms with van der Waals surface area (Å²) in [6.07, 6.45) is 8.30. The molecule has 3 rings (SSSR count). The third-order valence-corrected chi connectivity index (χ3v) is 5.66. The molecule has 0 radical (unpaired) electrons. The smallest absolute Gasteiger partial charge is 0.104 e. The highest BCUT2D eigenvalue weighted by Crippen LogP contribution is 2.36. The second-order valence-electron chi connectivity index (χ2n) is 6.40. The van der Waals surface area contributed by atoms with Crippen LogP contribution >= 0.6 is 23.8 Å². The Kier molecular flexibility index (Phi) is 4.82. The number of rotatable bonds is 3. The standard InChI is InChI=1S/C17H23ClN2S/c18-15-10-13(17(19)21)7-8-14(15)11-20-9-3-5-12-4-1-2-6-16(12)20/h7-8,10,12,16H,1-6,9,11H2,(H2,19,21). The average Bonchev–Trinajstić information content (AvgIpc) is 2.49. The Morgan fingerprint density at radius 2 is 2.00 bits per heavy atom. The van der Waals surface area contributed by atoms with Gasteiger partial charge in [-0.2, -0.15) is 0 Å². The van der Waals surface area contributed by atoms with Gasteiger partial charge in [-0.25, -0.2) is 0 Å². The van der Waals surface area contributed by atoms with Gasteiger partial charge in [0.25, 0.3) is 0 Å². The van der Waals surface area contributed by atoms with Crippen molar-refractivity contribution in [3.8, 4) is 0 Å². The molecule has 1 saturated heterocycles. The Bertz CT molecular complexity index is 530. The first-order valence-corrected chi connectivity index (χ1v) is 8.76. The van der Waals surface area contributed by atoms with E-state index >= 15 is 0 Å². The van der Waals surface area contributed by atoms with E-state index < -0.39 is 0 Å². The molecule has 114 valence electrons. The molecule has 2 fully saturated rings. The maximum absolute atomic E-state index is 6.43. The number of hydrogen-bond donors (Lipinski definition) is 1. The van der Waals surface area contributed by atoms with E-state index in [-0.39, 0.29) is 0 Å². The van der Waals surface area contributed by atoms with Crippen LogP contribution in [0.1, 0.15) is 49.7 Å². The van der Waals surface area contributed by atoms with E-state index in [0.717, 1.165) is 29.1 Å². The van der Waals surface area contributed by atoms with Crippen LogP contribution in [0.2, 0.25) is 5.02 Å². The summed E-state index contributed by atoms with van der Waals surface area (Å²) in [5.41, 5.74) is 7.72. The average molecular weight is 323 g/mol. The Hall–Kier alpha value is -0.640. The van der Waals surface area contributed by atoms with Crippen LogP contribution < -0.4 is 5.73 Å². The van der Waals surface area contributed by atoms with Crippen molar-refractivity contribution in [1.29, 1.82) is 0 Å². The molecule has 2 N–H and O–H groups in total.